The van der Waals surface area contributed by atoms with Crippen LogP contribution in [-0.4, -0.2) is 30.0 Å². The summed E-state index contributed by atoms with van der Waals surface area (Å²) in [6, 6.07) is 0. The van der Waals surface area contributed by atoms with Crippen molar-refractivity contribution in [3.05, 3.63) is 4.91 Å². The van der Waals surface area contributed by atoms with E-state index in [-0.39, 0.29) is 11.5 Å². The molecule has 0 N–H and O–H groups in total. The topological polar surface area (TPSA) is 72.7 Å². The maximum Gasteiger partial charge on any atom is 0.383 e. The van der Waals surface area contributed by atoms with Crippen molar-refractivity contribution in [3.8, 4) is 0 Å². The van der Waals surface area contributed by atoms with Crippen LogP contribution in [0.2, 0.25) is 0 Å². The van der Waals surface area contributed by atoms with Gasteiger partial charge in [0.1, 0.15) is 0 Å². The van der Waals surface area contributed by atoms with Crippen LogP contribution in [0.15, 0.2) is 0 Å². The van der Waals surface area contributed by atoms with Gasteiger partial charge in [-0.15, -0.1) is 0 Å². The zero-order valence-electron chi connectivity index (χ0n) is 6.90. The maximum absolute atomic E-state index is 10.6. The summed E-state index contributed by atoms with van der Waals surface area (Å²) < 4.78 is 4.42. The van der Waals surface area contributed by atoms with Crippen molar-refractivity contribution in [3.63, 3.8) is 0 Å². The van der Waals surface area contributed by atoms with Gasteiger partial charge in [0.25, 0.3) is 0 Å². The Hall–Kier alpha value is -1.46. The quantitative estimate of drug-likeness (QED) is 0.438. The summed E-state index contributed by atoms with van der Waals surface area (Å²) in [6.07, 6.45) is 0. The average molecular weight is 176 g/mol. The molecule has 0 aromatic carbocycles. The van der Waals surface area contributed by atoms with Crippen molar-refractivity contribution < 1.29 is 24.1 Å². The predicted octanol–water partition coefficient (Wildman–Crippen LogP) is -0.193. The molecule has 68 valence electrons. The largest absolute Gasteiger partial charge is 0.461 e. The fourth-order valence-corrected chi connectivity index (χ4v) is 0.488. The summed E-state index contributed by atoms with van der Waals surface area (Å²) in [4.78, 5) is 35.1. The monoisotopic (exact) mass is 176 g/mol. The van der Waals surface area contributed by atoms with Gasteiger partial charge in [-0.2, -0.15) is 4.84 Å². The second kappa shape index (κ2) is 5.22. The molecule has 0 rings (SSSR count). The summed E-state index contributed by atoms with van der Waals surface area (Å²) in [5.74, 6) is -1.50. The molecule has 0 heterocycles. The summed E-state index contributed by atoms with van der Waals surface area (Å²) in [5.41, 5.74) is 0. The molecule has 0 saturated heterocycles. The lowest BCUT2D eigenvalue weighted by Crippen LogP contribution is -2.22. The zero-order valence-corrected chi connectivity index (χ0v) is 6.90. The van der Waals surface area contributed by atoms with Gasteiger partial charge < -0.3 is 4.74 Å². The Balaban J connectivity index is 3.69. The number of carbonyl (C=O) groups is 2. The zero-order chi connectivity index (χ0) is 9.56. The van der Waals surface area contributed by atoms with Crippen molar-refractivity contribution in [2.75, 3.05) is 13.2 Å². The highest BCUT2D eigenvalue weighted by molar-refractivity contribution is 5.70. The highest BCUT2D eigenvalue weighted by Crippen LogP contribution is 1.83. The smallest absolute Gasteiger partial charge is 0.383 e. The number of nitrogens with zero attached hydrogens (tertiary/aromatic N) is 1. The van der Waals surface area contributed by atoms with Gasteiger partial charge >= 0.3 is 18.5 Å². The lowest BCUT2D eigenvalue weighted by atomic mass is 10.7. The van der Waals surface area contributed by atoms with E-state index in [1.54, 1.807) is 6.92 Å². The van der Waals surface area contributed by atoms with E-state index in [1.807, 2.05) is 0 Å². The molecule has 6 nitrogen and oxygen atoms in total. The molecule has 0 bridgehead atoms. The first-order chi connectivity index (χ1) is 5.56. The van der Waals surface area contributed by atoms with Crippen molar-refractivity contribution in [2.45, 2.75) is 13.8 Å². The third-order valence-corrected chi connectivity index (χ3v) is 0.794. The Bertz CT molecular complexity index is 200. The van der Waals surface area contributed by atoms with Crippen LogP contribution in [0.5, 0.6) is 0 Å². The Morgan fingerprint density at radius 1 is 1.42 bits per heavy atom. The van der Waals surface area contributed by atoms with E-state index in [4.69, 9.17) is 0 Å². The predicted molar refractivity (Wildman–Crippen MR) is 36.9 cm³/mol. The molecule has 0 fully saturated rings. The van der Waals surface area contributed by atoms with Crippen LogP contribution in [0.3, 0.4) is 0 Å². The molecular weight excluding hydrogens is 166 g/mol. The van der Waals surface area contributed by atoms with Crippen LogP contribution >= 0.6 is 0 Å². The van der Waals surface area contributed by atoms with Gasteiger partial charge in [0.2, 0.25) is 4.92 Å². The van der Waals surface area contributed by atoms with Crippen LogP contribution in [-0.2, 0) is 19.2 Å². The summed E-state index contributed by atoms with van der Waals surface area (Å²) >= 11 is 0. The Labute approximate surface area is 69.0 Å². The van der Waals surface area contributed by atoms with E-state index < -0.39 is 18.5 Å². The van der Waals surface area contributed by atoms with Gasteiger partial charge in [0.05, 0.1) is 11.5 Å². The molecule has 0 aromatic heterocycles. The highest BCUT2D eigenvalue weighted by Gasteiger charge is 2.20. The molecule has 12 heavy (non-hydrogen) atoms. The molecule has 0 aliphatic carbocycles. The summed E-state index contributed by atoms with van der Waals surface area (Å²) in [6.45, 7) is 2.26. The molecule has 0 atom stereocenters. The number of esters is 1. The van der Waals surface area contributed by atoms with Crippen molar-refractivity contribution in [1.29, 1.82) is 0 Å². The fraction of sp³-hybridized carbons (Fsp3) is 0.667. The Morgan fingerprint density at radius 3 is 2.42 bits per heavy atom. The molecule has 0 aliphatic rings. The van der Waals surface area contributed by atoms with E-state index in [0.717, 1.165) is 6.92 Å². The van der Waals surface area contributed by atoms with E-state index in [9.17, 15) is 14.5 Å². The first-order valence-electron chi connectivity index (χ1n) is 3.35. The van der Waals surface area contributed by atoms with E-state index in [1.165, 1.54) is 0 Å². The minimum Gasteiger partial charge on any atom is -0.461 e. The molecule has 0 aliphatic heterocycles. The van der Waals surface area contributed by atoms with Gasteiger partial charge in [-0.1, -0.05) is 0 Å². The molecule has 6 heteroatoms. The van der Waals surface area contributed by atoms with Crippen LogP contribution in [0.1, 0.15) is 13.8 Å². The molecule has 0 unspecified atom stereocenters. The van der Waals surface area contributed by atoms with Gasteiger partial charge in [-0.25, -0.2) is 9.59 Å². The third kappa shape index (κ3) is 5.33. The number of hydrogen-bond acceptors (Lipinski definition) is 5. The third-order valence-electron chi connectivity index (χ3n) is 0.794. The Kier molecular flexibility index (Phi) is 4.59. The lowest BCUT2D eigenvalue weighted by Gasteiger charge is -1.93. The van der Waals surface area contributed by atoms with E-state index in [0.29, 0.717) is 0 Å². The first-order valence-corrected chi connectivity index (χ1v) is 3.35. The molecular formula is C6H10NO5+. The number of ether oxygens (including phenoxy) is 1. The molecule has 0 amide bonds. The van der Waals surface area contributed by atoms with Crippen molar-refractivity contribution in [1.82, 2.24) is 0 Å². The molecule has 0 aromatic rings. The van der Waals surface area contributed by atoms with Gasteiger partial charge in [0, 0.05) is 6.92 Å². The highest BCUT2D eigenvalue weighted by atomic mass is 16.8. The SMILES string of the molecule is CCOC(=O)C[N+](=O)OC(C)=O. The second-order valence-electron chi connectivity index (χ2n) is 1.88. The van der Waals surface area contributed by atoms with Crippen LogP contribution in [0, 0.1) is 4.91 Å². The summed E-state index contributed by atoms with van der Waals surface area (Å²) in [5, 5.41) is 0. The number of hydrogen-bond donors (Lipinski definition) is 0. The van der Waals surface area contributed by atoms with Gasteiger partial charge in [-0.3, -0.25) is 0 Å². The number of rotatable bonds is 4. The van der Waals surface area contributed by atoms with Crippen molar-refractivity contribution in [2.24, 2.45) is 0 Å². The first kappa shape index (κ1) is 10.5. The lowest BCUT2D eigenvalue weighted by molar-refractivity contribution is -0.770. The molecule has 0 spiro atoms. The van der Waals surface area contributed by atoms with Crippen molar-refractivity contribution >= 4 is 11.9 Å². The fourth-order valence-electron chi connectivity index (χ4n) is 0.488. The minimum atomic E-state index is -0.769. The van der Waals surface area contributed by atoms with E-state index >= 15 is 0 Å². The Morgan fingerprint density at radius 2 is 2.00 bits per heavy atom. The van der Waals surface area contributed by atoms with Gasteiger partial charge in [0.15, 0.2) is 0 Å². The molecule has 0 radical (unpaired) electrons. The average Bonchev–Trinajstić information content (AvgIpc) is 1.84. The van der Waals surface area contributed by atoms with Gasteiger partial charge in [-0.05, 0) is 6.92 Å². The second-order valence-corrected chi connectivity index (χ2v) is 1.88. The molecule has 0 saturated carbocycles. The van der Waals surface area contributed by atoms with Crippen LogP contribution < -0.4 is 0 Å². The van der Waals surface area contributed by atoms with E-state index in [2.05, 4.69) is 9.57 Å². The number of carbonyl (C=O) groups excluding carboxylic acids is 2. The maximum atomic E-state index is 10.6. The minimum absolute atomic E-state index is 0.125. The summed E-state index contributed by atoms with van der Waals surface area (Å²) in [7, 11) is 0. The van der Waals surface area contributed by atoms with Crippen LogP contribution in [0.25, 0.3) is 0 Å². The van der Waals surface area contributed by atoms with Crippen LogP contribution in [0.4, 0.5) is 0 Å². The standard InChI is InChI=1S/C6H10NO5/c1-3-11-6(9)4-7(10)12-5(2)8/h3-4H2,1-2H3/q+1. The normalized spacial score (nSPS) is 8.83.